The first kappa shape index (κ1) is 22.8. The van der Waals surface area contributed by atoms with Crippen LogP contribution >= 0.6 is 22.6 Å². The van der Waals surface area contributed by atoms with Gasteiger partial charge in [0.05, 0.1) is 0 Å². The van der Waals surface area contributed by atoms with Gasteiger partial charge in [0.2, 0.25) is 0 Å². The van der Waals surface area contributed by atoms with Gasteiger partial charge in [-0.25, -0.2) is 0 Å². The van der Waals surface area contributed by atoms with Crippen molar-refractivity contribution in [1.82, 2.24) is 0 Å². The predicted molar refractivity (Wildman–Crippen MR) is 133 cm³/mol. The Bertz CT molecular complexity index is 636. The Hall–Kier alpha value is 0.650. The zero-order valence-electron chi connectivity index (χ0n) is 19.8. The van der Waals surface area contributed by atoms with Crippen molar-refractivity contribution in [3.63, 3.8) is 0 Å². The molecule has 168 valence electrons. The maximum Gasteiger partial charge on any atom is 0.0257 e. The van der Waals surface area contributed by atoms with Gasteiger partial charge in [0.25, 0.3) is 0 Å². The first-order valence-electron chi connectivity index (χ1n) is 12.7. The minimum absolute atomic E-state index is 0.0459. The van der Waals surface area contributed by atoms with Crippen LogP contribution < -0.4 is 11.5 Å². The summed E-state index contributed by atoms with van der Waals surface area (Å²) in [6.07, 6.45) is 15.6. The standard InChI is InChI=1S/C26H47IN2/c1-6-24(27)13-10-20-22(4,14-16-24)12-9-21-25(20,28)17-15-23(5)19(18(2)3)8-7-11-26(21,23)29/h18-21H,6-17,28-29H2,1-5H3/t19-,20-,21+,22+,23+,24+,25-,26+/m0/s1. The van der Waals surface area contributed by atoms with E-state index in [0.717, 1.165) is 11.8 Å². The molecule has 4 aliphatic carbocycles. The zero-order valence-corrected chi connectivity index (χ0v) is 22.0. The fraction of sp³-hybridized carbons (Fsp3) is 1.00. The molecule has 0 aromatic heterocycles. The molecule has 0 aliphatic heterocycles. The van der Waals surface area contributed by atoms with Gasteiger partial charge in [0.1, 0.15) is 0 Å². The molecule has 0 saturated heterocycles. The molecule has 4 rings (SSSR count). The normalized spacial score (nSPS) is 55.6. The highest BCUT2D eigenvalue weighted by Crippen LogP contribution is 2.67. The summed E-state index contributed by atoms with van der Waals surface area (Å²) in [5, 5.41) is 0. The molecule has 8 atom stereocenters. The maximum atomic E-state index is 7.59. The van der Waals surface area contributed by atoms with Gasteiger partial charge in [-0.2, -0.15) is 0 Å². The third kappa shape index (κ3) is 3.21. The minimum atomic E-state index is -0.0625. The van der Waals surface area contributed by atoms with E-state index >= 15 is 0 Å². The molecule has 2 nitrogen and oxygen atoms in total. The molecular weight excluding hydrogens is 467 g/mol. The number of fused-ring (bicyclic) bond motifs is 5. The van der Waals surface area contributed by atoms with Crippen molar-refractivity contribution in [2.24, 2.45) is 46.0 Å². The highest BCUT2D eigenvalue weighted by molar-refractivity contribution is 14.1. The summed E-state index contributed by atoms with van der Waals surface area (Å²) in [5.41, 5.74) is 15.7. The van der Waals surface area contributed by atoms with Gasteiger partial charge in [-0.15, -0.1) is 0 Å². The van der Waals surface area contributed by atoms with Crippen LogP contribution in [-0.4, -0.2) is 14.5 Å². The van der Waals surface area contributed by atoms with Crippen LogP contribution in [0, 0.1) is 34.5 Å². The molecular formula is C26H47IN2. The topological polar surface area (TPSA) is 52.0 Å². The van der Waals surface area contributed by atoms with Gasteiger partial charge in [0.15, 0.2) is 0 Å². The van der Waals surface area contributed by atoms with E-state index in [1.165, 1.54) is 77.0 Å². The number of nitrogens with two attached hydrogens (primary N) is 2. The number of alkyl halides is 1. The minimum Gasteiger partial charge on any atom is -0.325 e. The first-order chi connectivity index (χ1) is 13.4. The fourth-order valence-corrected chi connectivity index (χ4v) is 9.88. The molecule has 4 N–H and O–H groups in total. The summed E-state index contributed by atoms with van der Waals surface area (Å²) in [7, 11) is 0. The Morgan fingerprint density at radius 3 is 2.21 bits per heavy atom. The summed E-state index contributed by atoms with van der Waals surface area (Å²) < 4.78 is 0.487. The zero-order chi connectivity index (χ0) is 21.3. The summed E-state index contributed by atoms with van der Waals surface area (Å²) in [6, 6.07) is 0. The van der Waals surface area contributed by atoms with Gasteiger partial charge < -0.3 is 11.5 Å². The molecule has 0 heterocycles. The Morgan fingerprint density at radius 1 is 0.862 bits per heavy atom. The number of hydrogen-bond donors (Lipinski definition) is 2. The highest BCUT2D eigenvalue weighted by Gasteiger charge is 2.68. The van der Waals surface area contributed by atoms with Crippen LogP contribution in [0.5, 0.6) is 0 Å². The second-order valence-electron chi connectivity index (χ2n) is 12.7. The molecule has 0 amide bonds. The molecule has 0 spiro atoms. The molecule has 3 heteroatoms. The summed E-state index contributed by atoms with van der Waals surface area (Å²) >= 11 is 2.79. The molecule has 0 aromatic rings. The Morgan fingerprint density at radius 2 is 1.55 bits per heavy atom. The smallest absolute Gasteiger partial charge is 0.0257 e. The van der Waals surface area contributed by atoms with Gasteiger partial charge in [0, 0.05) is 14.5 Å². The lowest BCUT2D eigenvalue weighted by molar-refractivity contribution is -0.154. The van der Waals surface area contributed by atoms with Crippen LogP contribution in [0.3, 0.4) is 0 Å². The number of hydrogen-bond acceptors (Lipinski definition) is 2. The largest absolute Gasteiger partial charge is 0.325 e. The second kappa shape index (κ2) is 7.33. The molecule has 0 bridgehead atoms. The van der Waals surface area contributed by atoms with E-state index in [1.807, 2.05) is 0 Å². The predicted octanol–water partition coefficient (Wildman–Crippen LogP) is 6.83. The van der Waals surface area contributed by atoms with Crippen LogP contribution in [0.25, 0.3) is 0 Å². The monoisotopic (exact) mass is 514 g/mol. The lowest BCUT2D eigenvalue weighted by Gasteiger charge is -2.70. The third-order valence-corrected chi connectivity index (χ3v) is 13.1. The Balaban J connectivity index is 1.71. The maximum absolute atomic E-state index is 7.59. The van der Waals surface area contributed by atoms with Crippen LogP contribution in [-0.2, 0) is 0 Å². The SMILES string of the molecule is CC[C@@]1(I)CC[C@H]2[C@](C)(CC[C@@H]3[C@]2(N)CC[C@]2(C)[C@H](C(C)C)CCC[C@@]32N)CC1. The molecule has 4 saturated carbocycles. The van der Waals surface area contributed by atoms with Gasteiger partial charge in [-0.05, 0) is 105 Å². The van der Waals surface area contributed by atoms with E-state index in [9.17, 15) is 0 Å². The molecule has 4 fully saturated rings. The Labute approximate surface area is 194 Å². The van der Waals surface area contributed by atoms with E-state index in [0.29, 0.717) is 20.7 Å². The number of rotatable bonds is 2. The van der Waals surface area contributed by atoms with Crippen molar-refractivity contribution in [1.29, 1.82) is 0 Å². The average molecular weight is 515 g/mol. The van der Waals surface area contributed by atoms with Gasteiger partial charge in [-0.3, -0.25) is 0 Å². The molecule has 0 radical (unpaired) electrons. The third-order valence-electron chi connectivity index (χ3n) is 11.3. The van der Waals surface area contributed by atoms with Crippen molar-refractivity contribution in [3.8, 4) is 0 Å². The summed E-state index contributed by atoms with van der Waals surface area (Å²) in [5.74, 6) is 2.65. The second-order valence-corrected chi connectivity index (χ2v) is 14.9. The summed E-state index contributed by atoms with van der Waals surface area (Å²) in [6.45, 7) is 12.4. The van der Waals surface area contributed by atoms with E-state index in [2.05, 4.69) is 57.2 Å². The highest BCUT2D eigenvalue weighted by atomic mass is 127. The van der Waals surface area contributed by atoms with Crippen LogP contribution in [0.1, 0.15) is 112 Å². The fourth-order valence-electron chi connectivity index (χ4n) is 9.30. The average Bonchev–Trinajstić information content (AvgIpc) is 2.80. The van der Waals surface area contributed by atoms with E-state index in [4.69, 9.17) is 11.5 Å². The van der Waals surface area contributed by atoms with Gasteiger partial charge in [-0.1, -0.05) is 63.6 Å². The lowest BCUT2D eigenvalue weighted by Crippen LogP contribution is -2.77. The lowest BCUT2D eigenvalue weighted by atomic mass is 9.38. The number of halogens is 1. The molecule has 29 heavy (non-hydrogen) atoms. The van der Waals surface area contributed by atoms with Crippen LogP contribution in [0.15, 0.2) is 0 Å². The molecule has 0 aromatic carbocycles. The quantitative estimate of drug-likeness (QED) is 0.314. The van der Waals surface area contributed by atoms with Crippen LogP contribution in [0.2, 0.25) is 0 Å². The molecule has 4 aliphatic rings. The van der Waals surface area contributed by atoms with E-state index in [-0.39, 0.29) is 16.5 Å². The first-order valence-corrected chi connectivity index (χ1v) is 13.8. The summed E-state index contributed by atoms with van der Waals surface area (Å²) in [4.78, 5) is 0. The van der Waals surface area contributed by atoms with Gasteiger partial charge >= 0.3 is 0 Å². The van der Waals surface area contributed by atoms with Crippen molar-refractivity contribution >= 4 is 22.6 Å². The van der Waals surface area contributed by atoms with E-state index < -0.39 is 0 Å². The van der Waals surface area contributed by atoms with Crippen LogP contribution in [0.4, 0.5) is 0 Å². The van der Waals surface area contributed by atoms with Crippen molar-refractivity contribution < 1.29 is 0 Å². The van der Waals surface area contributed by atoms with Crippen molar-refractivity contribution in [2.45, 2.75) is 126 Å². The molecule has 0 unspecified atom stereocenters. The van der Waals surface area contributed by atoms with E-state index in [1.54, 1.807) is 0 Å². The van der Waals surface area contributed by atoms with Crippen molar-refractivity contribution in [2.75, 3.05) is 0 Å². The Kier molecular flexibility index (Phi) is 5.77. The van der Waals surface area contributed by atoms with Crippen molar-refractivity contribution in [3.05, 3.63) is 0 Å².